The van der Waals surface area contributed by atoms with Crippen molar-refractivity contribution in [1.82, 2.24) is 19.9 Å². The van der Waals surface area contributed by atoms with E-state index in [1.165, 1.54) is 12.1 Å². The number of aryl methyl sites for hydroxylation is 2. The third-order valence-electron chi connectivity index (χ3n) is 6.29. The largest absolute Gasteiger partial charge is 0.363 e. The van der Waals surface area contributed by atoms with Gasteiger partial charge in [-0.1, -0.05) is 18.2 Å². The maximum atomic E-state index is 14.7. The minimum absolute atomic E-state index is 0.164. The molecule has 1 unspecified atom stereocenters. The van der Waals surface area contributed by atoms with Crippen molar-refractivity contribution in [3.8, 4) is 0 Å². The van der Waals surface area contributed by atoms with Crippen LogP contribution in [0, 0.1) is 19.7 Å². The predicted molar refractivity (Wildman–Crippen MR) is 125 cm³/mol. The Morgan fingerprint density at radius 2 is 1.85 bits per heavy atom. The molecule has 1 aliphatic rings. The van der Waals surface area contributed by atoms with Gasteiger partial charge in [0.25, 0.3) is 6.43 Å². The van der Waals surface area contributed by atoms with Gasteiger partial charge in [-0.05, 0) is 47.4 Å². The monoisotopic (exact) mass is 458 g/mol. The van der Waals surface area contributed by atoms with Crippen LogP contribution >= 0.6 is 0 Å². The minimum Gasteiger partial charge on any atom is -0.363 e. The molecule has 1 fully saturated rings. The standard InChI is InChI=1S/C24H29F3N6/c1-13(17-7-6-8-18(21(17)25)23(26)27)29-24-19-11-20(33-10-9-16(12-33)32(4)5)28-14(2)22(19)30-15(3)31-24/h6-8,11,13,16,23H,9-10,12H2,1-5H3,(H,29,30,31)/t13?,16-/m1/s1. The number of pyridine rings is 1. The highest BCUT2D eigenvalue weighted by atomic mass is 19.3. The van der Waals surface area contributed by atoms with E-state index in [9.17, 15) is 13.2 Å². The highest BCUT2D eigenvalue weighted by Gasteiger charge is 2.26. The average Bonchev–Trinajstić information content (AvgIpc) is 3.25. The number of benzene rings is 1. The van der Waals surface area contributed by atoms with Gasteiger partial charge in [0.1, 0.15) is 23.3 Å². The molecule has 2 aromatic heterocycles. The van der Waals surface area contributed by atoms with Crippen molar-refractivity contribution in [2.45, 2.75) is 45.7 Å². The van der Waals surface area contributed by atoms with Gasteiger partial charge in [0.2, 0.25) is 0 Å². The van der Waals surface area contributed by atoms with Crippen LogP contribution in [0.25, 0.3) is 10.9 Å². The number of fused-ring (bicyclic) bond motifs is 1. The topological polar surface area (TPSA) is 57.2 Å². The van der Waals surface area contributed by atoms with Crippen LogP contribution in [-0.4, -0.2) is 53.1 Å². The molecular formula is C24H29F3N6. The van der Waals surface area contributed by atoms with Crippen LogP contribution in [-0.2, 0) is 0 Å². The molecule has 4 rings (SSSR count). The Bertz CT molecular complexity index is 1170. The van der Waals surface area contributed by atoms with Gasteiger partial charge in [0.15, 0.2) is 0 Å². The molecule has 2 atom stereocenters. The molecule has 0 spiro atoms. The van der Waals surface area contributed by atoms with Gasteiger partial charge in [-0.25, -0.2) is 28.1 Å². The molecule has 1 saturated heterocycles. The van der Waals surface area contributed by atoms with Crippen molar-refractivity contribution in [2.75, 3.05) is 37.4 Å². The lowest BCUT2D eigenvalue weighted by Crippen LogP contribution is -2.31. The zero-order chi connectivity index (χ0) is 23.9. The molecule has 1 aromatic carbocycles. The summed E-state index contributed by atoms with van der Waals surface area (Å²) in [6.07, 6.45) is -1.82. The first kappa shape index (κ1) is 23.2. The summed E-state index contributed by atoms with van der Waals surface area (Å²) in [5, 5.41) is 4.00. The Hall–Kier alpha value is -2.94. The van der Waals surface area contributed by atoms with E-state index in [1.54, 1.807) is 13.8 Å². The van der Waals surface area contributed by atoms with E-state index < -0.39 is 23.8 Å². The number of halogens is 3. The molecule has 0 radical (unpaired) electrons. The van der Waals surface area contributed by atoms with Crippen molar-refractivity contribution >= 4 is 22.5 Å². The summed E-state index contributed by atoms with van der Waals surface area (Å²) in [7, 11) is 4.16. The molecule has 9 heteroatoms. The van der Waals surface area contributed by atoms with Gasteiger partial charge in [-0.15, -0.1) is 0 Å². The van der Waals surface area contributed by atoms with E-state index in [0.29, 0.717) is 23.2 Å². The van der Waals surface area contributed by atoms with Crippen LogP contribution in [0.15, 0.2) is 24.3 Å². The van der Waals surface area contributed by atoms with Crippen LogP contribution in [0.3, 0.4) is 0 Å². The van der Waals surface area contributed by atoms with Gasteiger partial charge in [0.05, 0.1) is 22.8 Å². The third kappa shape index (κ3) is 4.59. The second kappa shape index (κ2) is 9.13. The fourth-order valence-electron chi connectivity index (χ4n) is 4.38. The maximum Gasteiger partial charge on any atom is 0.266 e. The minimum atomic E-state index is -2.87. The fourth-order valence-corrected chi connectivity index (χ4v) is 4.38. The summed E-state index contributed by atoms with van der Waals surface area (Å²) < 4.78 is 41.1. The molecule has 6 nitrogen and oxygen atoms in total. The van der Waals surface area contributed by atoms with Gasteiger partial charge >= 0.3 is 0 Å². The number of likely N-dealkylation sites (N-methyl/N-ethyl adjacent to an activating group) is 1. The number of hydrogen-bond donors (Lipinski definition) is 1. The second-order valence-corrected chi connectivity index (χ2v) is 8.85. The summed E-state index contributed by atoms with van der Waals surface area (Å²) in [5.74, 6) is 1.03. The van der Waals surface area contributed by atoms with E-state index in [4.69, 9.17) is 4.98 Å². The number of nitrogens with one attached hydrogen (secondary N) is 1. The Kier molecular flexibility index (Phi) is 6.43. The van der Waals surface area contributed by atoms with E-state index in [0.717, 1.165) is 42.5 Å². The van der Waals surface area contributed by atoms with Crippen LogP contribution in [0.1, 0.15) is 48.5 Å². The first-order valence-electron chi connectivity index (χ1n) is 11.1. The predicted octanol–water partition coefficient (Wildman–Crippen LogP) is 5.03. The number of aromatic nitrogens is 3. The van der Waals surface area contributed by atoms with E-state index in [2.05, 4.69) is 39.2 Å². The van der Waals surface area contributed by atoms with Crippen LogP contribution in [0.2, 0.25) is 0 Å². The quantitative estimate of drug-likeness (QED) is 0.559. The van der Waals surface area contributed by atoms with Crippen molar-refractivity contribution < 1.29 is 13.2 Å². The molecule has 176 valence electrons. The van der Waals surface area contributed by atoms with Crippen LogP contribution in [0.5, 0.6) is 0 Å². The van der Waals surface area contributed by atoms with E-state index in [1.807, 2.05) is 13.0 Å². The Morgan fingerprint density at radius 1 is 1.12 bits per heavy atom. The molecule has 3 heterocycles. The van der Waals surface area contributed by atoms with Gasteiger partial charge in [-0.2, -0.15) is 0 Å². The maximum absolute atomic E-state index is 14.7. The van der Waals surface area contributed by atoms with Crippen LogP contribution in [0.4, 0.5) is 24.8 Å². The number of rotatable bonds is 6. The third-order valence-corrected chi connectivity index (χ3v) is 6.29. The fraction of sp³-hybridized carbons (Fsp3) is 0.458. The molecule has 0 aliphatic carbocycles. The number of nitrogens with zero attached hydrogens (tertiary/aromatic N) is 5. The first-order chi connectivity index (χ1) is 15.7. The number of hydrogen-bond acceptors (Lipinski definition) is 6. The summed E-state index contributed by atoms with van der Waals surface area (Å²) in [5.41, 5.74) is 1.06. The average molecular weight is 459 g/mol. The van der Waals surface area contributed by atoms with Gasteiger partial charge < -0.3 is 15.1 Å². The first-order valence-corrected chi connectivity index (χ1v) is 11.1. The van der Waals surface area contributed by atoms with E-state index >= 15 is 0 Å². The molecule has 1 N–H and O–H groups in total. The van der Waals surface area contributed by atoms with Crippen molar-refractivity contribution in [3.63, 3.8) is 0 Å². The highest BCUT2D eigenvalue weighted by Crippen LogP contribution is 2.32. The Morgan fingerprint density at radius 3 is 2.52 bits per heavy atom. The smallest absolute Gasteiger partial charge is 0.266 e. The number of anilines is 2. The molecule has 1 aliphatic heterocycles. The zero-order valence-corrected chi connectivity index (χ0v) is 19.5. The van der Waals surface area contributed by atoms with Crippen molar-refractivity contribution in [1.29, 1.82) is 0 Å². The Labute approximate surface area is 191 Å². The lowest BCUT2D eigenvalue weighted by atomic mass is 10.0. The lowest BCUT2D eigenvalue weighted by Gasteiger charge is -2.23. The van der Waals surface area contributed by atoms with Crippen LogP contribution < -0.4 is 10.2 Å². The molecule has 33 heavy (non-hydrogen) atoms. The number of alkyl halides is 2. The van der Waals surface area contributed by atoms with Gasteiger partial charge in [-0.3, -0.25) is 0 Å². The molecule has 0 amide bonds. The summed E-state index contributed by atoms with van der Waals surface area (Å²) in [4.78, 5) is 18.4. The van der Waals surface area contributed by atoms with Gasteiger partial charge in [0, 0.05) is 30.1 Å². The normalized spacial score (nSPS) is 17.4. The summed E-state index contributed by atoms with van der Waals surface area (Å²) in [6.45, 7) is 7.20. The van der Waals surface area contributed by atoms with E-state index in [-0.39, 0.29) is 5.56 Å². The van der Waals surface area contributed by atoms with Crippen molar-refractivity contribution in [2.24, 2.45) is 0 Å². The van der Waals surface area contributed by atoms with Crippen molar-refractivity contribution in [3.05, 3.63) is 52.7 Å². The summed E-state index contributed by atoms with van der Waals surface area (Å²) in [6, 6.07) is 5.91. The Balaban J connectivity index is 1.72. The summed E-state index contributed by atoms with van der Waals surface area (Å²) >= 11 is 0. The SMILES string of the molecule is Cc1nc(NC(C)c2cccc(C(F)F)c2F)c2cc(N3CC[C@@H](N(C)C)C3)nc(C)c2n1. The zero-order valence-electron chi connectivity index (χ0n) is 19.5. The lowest BCUT2D eigenvalue weighted by molar-refractivity contribution is 0.146. The molecular weight excluding hydrogens is 429 g/mol. The molecule has 3 aromatic rings. The molecule has 0 bridgehead atoms. The second-order valence-electron chi connectivity index (χ2n) is 8.85. The highest BCUT2D eigenvalue weighted by molar-refractivity contribution is 5.92. The molecule has 0 saturated carbocycles.